The van der Waals surface area contributed by atoms with Crippen molar-refractivity contribution in [3.63, 3.8) is 0 Å². The number of hydrogen-bond acceptors (Lipinski definition) is 1. The second-order valence-corrected chi connectivity index (χ2v) is 2.56. The fourth-order valence-electron chi connectivity index (χ4n) is 0.803. The Hall–Kier alpha value is 0.140. The van der Waals surface area contributed by atoms with Gasteiger partial charge in [-0.05, 0) is 0 Å². The first kappa shape index (κ1) is 7.25. The zero-order valence-corrected chi connectivity index (χ0v) is 5.47. The summed E-state index contributed by atoms with van der Waals surface area (Å²) in [5.74, 6) is 0. The minimum Gasteiger partial charge on any atom is -0.341 e. The van der Waals surface area contributed by atoms with Gasteiger partial charge in [0.25, 0.3) is 0 Å². The molecule has 0 spiro atoms. The molecule has 1 radical (unpaired) electrons. The van der Waals surface area contributed by atoms with Crippen LogP contribution < -0.4 is 0 Å². The van der Waals surface area contributed by atoms with Crippen LogP contribution in [0.4, 0.5) is 4.39 Å². The van der Waals surface area contributed by atoms with Gasteiger partial charge in [-0.1, -0.05) is 0 Å². The summed E-state index contributed by atoms with van der Waals surface area (Å²) in [7, 11) is 0. The first-order valence-electron chi connectivity index (χ1n) is 2.75. The van der Waals surface area contributed by atoms with Crippen molar-refractivity contribution >= 4 is 11.6 Å². The molecule has 1 saturated heterocycles. The second kappa shape index (κ2) is 2.82. The summed E-state index contributed by atoms with van der Waals surface area (Å²) in [6.07, 6.45) is -1.80. The highest BCUT2D eigenvalue weighted by Crippen LogP contribution is 2.25. The van der Waals surface area contributed by atoms with E-state index in [2.05, 4.69) is 4.74 Å². The van der Waals surface area contributed by atoms with Crippen LogP contribution in [0.15, 0.2) is 0 Å². The highest BCUT2D eigenvalue weighted by atomic mass is 35.5. The van der Waals surface area contributed by atoms with E-state index in [1.807, 2.05) is 0 Å². The van der Waals surface area contributed by atoms with Crippen LogP contribution in [0.25, 0.3) is 0 Å². The summed E-state index contributed by atoms with van der Waals surface area (Å²) in [6.45, 7) is -0.450. The Morgan fingerprint density at radius 3 is 2.67 bits per heavy atom. The number of rotatable bonds is 1. The maximum Gasteiger partial charge on any atom is 0.200 e. The Bertz CT molecular complexity index is 101. The smallest absolute Gasteiger partial charge is 0.200 e. The molecule has 1 fully saturated rings. The van der Waals surface area contributed by atoms with Gasteiger partial charge in [-0.3, -0.25) is 0 Å². The monoisotopic (exact) mass is 153 g/mol. The van der Waals surface area contributed by atoms with Gasteiger partial charge in [0, 0.05) is 6.42 Å². The molecule has 0 aliphatic carbocycles. The molecule has 3 atom stereocenters. The van der Waals surface area contributed by atoms with Crippen LogP contribution in [0.3, 0.4) is 0 Å². The first-order valence-corrected chi connectivity index (χ1v) is 3.19. The van der Waals surface area contributed by atoms with E-state index in [-0.39, 0.29) is 6.42 Å². The van der Waals surface area contributed by atoms with Crippen molar-refractivity contribution in [3.8, 4) is 0 Å². The number of hydrogen-bond donors (Lipinski definition) is 0. The van der Waals surface area contributed by atoms with Gasteiger partial charge in [-0.2, -0.15) is 0 Å². The number of halogens is 2. The molecule has 0 amide bonds. The lowest BCUT2D eigenvalue weighted by Gasteiger charge is -2.05. The van der Waals surface area contributed by atoms with E-state index in [4.69, 9.17) is 11.6 Å². The molecule has 4 heteroatoms. The van der Waals surface area contributed by atoms with Crippen molar-refractivity contribution in [1.82, 2.24) is 0 Å². The van der Waals surface area contributed by atoms with Crippen LogP contribution in [-0.4, -0.2) is 24.4 Å². The van der Waals surface area contributed by atoms with Crippen molar-refractivity contribution in [1.29, 1.82) is 0 Å². The lowest BCUT2D eigenvalue weighted by Crippen LogP contribution is -2.19. The van der Waals surface area contributed by atoms with Gasteiger partial charge in [0.15, 0.2) is 0 Å². The highest BCUT2D eigenvalue weighted by molar-refractivity contribution is 6.21. The Kier molecular flexibility index (Phi) is 2.27. The molecule has 1 aliphatic heterocycles. The zero-order valence-electron chi connectivity index (χ0n) is 4.72. The minimum absolute atomic E-state index is 0.147. The highest BCUT2D eigenvalue weighted by Gasteiger charge is 2.33. The van der Waals surface area contributed by atoms with Gasteiger partial charge < -0.3 is 4.74 Å². The van der Waals surface area contributed by atoms with Crippen LogP contribution in [0.5, 0.6) is 0 Å². The lowest BCUT2D eigenvalue weighted by atomic mass is 10.2. The van der Waals surface area contributed by atoms with Gasteiger partial charge in [0.1, 0.15) is 12.7 Å². The van der Waals surface area contributed by atoms with Crippen LogP contribution in [0.1, 0.15) is 6.42 Å². The Balaban J connectivity index is 2.38. The average Bonchev–Trinajstić information content (AvgIpc) is 2.10. The average molecular weight is 154 g/mol. The zero-order chi connectivity index (χ0) is 6.85. The van der Waals surface area contributed by atoms with E-state index in [9.17, 15) is 9.50 Å². The van der Waals surface area contributed by atoms with Gasteiger partial charge >= 0.3 is 0 Å². The SMILES string of the molecule is [O]CC1OC(F)CC1Cl. The van der Waals surface area contributed by atoms with Gasteiger partial charge in [0.2, 0.25) is 6.36 Å². The molecule has 0 aromatic heterocycles. The molecule has 0 N–H and O–H groups in total. The van der Waals surface area contributed by atoms with Crippen molar-refractivity contribution in [2.75, 3.05) is 6.61 Å². The molecular formula is C5H7ClFO2. The maximum atomic E-state index is 12.2. The molecular weight excluding hydrogens is 147 g/mol. The van der Waals surface area contributed by atoms with E-state index in [0.717, 1.165) is 0 Å². The van der Waals surface area contributed by atoms with Crippen molar-refractivity contribution < 1.29 is 14.2 Å². The Labute approximate surface area is 57.6 Å². The normalized spacial score (nSPS) is 43.7. The minimum atomic E-state index is -1.33. The quantitative estimate of drug-likeness (QED) is 0.519. The van der Waals surface area contributed by atoms with Crippen LogP contribution >= 0.6 is 11.6 Å². The summed E-state index contributed by atoms with van der Waals surface area (Å²) in [5, 5.41) is 9.68. The fraction of sp³-hybridized carbons (Fsp3) is 1.00. The molecule has 0 aromatic rings. The molecule has 0 saturated carbocycles. The lowest BCUT2D eigenvalue weighted by molar-refractivity contribution is -0.0614. The molecule has 9 heavy (non-hydrogen) atoms. The largest absolute Gasteiger partial charge is 0.341 e. The van der Waals surface area contributed by atoms with Crippen LogP contribution in [-0.2, 0) is 9.84 Å². The van der Waals surface area contributed by atoms with Crippen molar-refractivity contribution in [2.45, 2.75) is 24.3 Å². The van der Waals surface area contributed by atoms with Crippen molar-refractivity contribution in [2.24, 2.45) is 0 Å². The molecule has 2 nitrogen and oxygen atoms in total. The summed E-state index contributed by atoms with van der Waals surface area (Å²) < 4.78 is 16.7. The topological polar surface area (TPSA) is 29.1 Å². The Morgan fingerprint density at radius 1 is 1.78 bits per heavy atom. The van der Waals surface area contributed by atoms with Crippen LogP contribution in [0.2, 0.25) is 0 Å². The molecule has 53 valence electrons. The fourth-order valence-corrected chi connectivity index (χ4v) is 1.08. The van der Waals surface area contributed by atoms with Gasteiger partial charge in [-0.25, -0.2) is 9.50 Å². The molecule has 1 heterocycles. The molecule has 0 bridgehead atoms. The summed E-state index contributed by atoms with van der Waals surface area (Å²) in [4.78, 5) is 0. The second-order valence-electron chi connectivity index (χ2n) is 2.00. The standard InChI is InChI=1S/C5H7ClFO2/c6-3-1-5(7)9-4(3)2-8/h3-5H,1-2H2. The predicted octanol–water partition coefficient (Wildman–Crippen LogP) is 1.11. The van der Waals surface area contributed by atoms with E-state index < -0.39 is 24.4 Å². The van der Waals surface area contributed by atoms with Gasteiger partial charge in [-0.15, -0.1) is 11.6 Å². The van der Waals surface area contributed by atoms with E-state index in [0.29, 0.717) is 0 Å². The molecule has 3 unspecified atom stereocenters. The number of ether oxygens (including phenoxy) is 1. The van der Waals surface area contributed by atoms with E-state index in [1.54, 1.807) is 0 Å². The third-order valence-corrected chi connectivity index (χ3v) is 1.76. The molecule has 1 rings (SSSR count). The summed E-state index contributed by atoms with van der Waals surface area (Å²) >= 11 is 5.51. The summed E-state index contributed by atoms with van der Waals surface area (Å²) in [6, 6.07) is 0. The predicted molar refractivity (Wildman–Crippen MR) is 29.6 cm³/mol. The van der Waals surface area contributed by atoms with Gasteiger partial charge in [0.05, 0.1) is 5.38 Å². The van der Waals surface area contributed by atoms with E-state index >= 15 is 0 Å². The maximum absolute atomic E-state index is 12.2. The van der Waals surface area contributed by atoms with E-state index in [1.165, 1.54) is 0 Å². The molecule has 0 aromatic carbocycles. The first-order chi connectivity index (χ1) is 4.24. The third-order valence-electron chi connectivity index (χ3n) is 1.30. The van der Waals surface area contributed by atoms with Crippen molar-refractivity contribution in [3.05, 3.63) is 0 Å². The van der Waals surface area contributed by atoms with Crippen LogP contribution in [0, 0.1) is 0 Å². The molecule has 1 aliphatic rings. The number of alkyl halides is 2. The summed E-state index contributed by atoms with van der Waals surface area (Å²) in [5.41, 5.74) is 0. The Morgan fingerprint density at radius 2 is 2.44 bits per heavy atom. The third kappa shape index (κ3) is 1.53.